The van der Waals surface area contributed by atoms with Gasteiger partial charge in [-0.3, -0.25) is 4.90 Å². The molecule has 0 unspecified atom stereocenters. The summed E-state index contributed by atoms with van der Waals surface area (Å²) in [4.78, 5) is 2.69. The van der Waals surface area contributed by atoms with Crippen molar-refractivity contribution in [3.8, 4) is 0 Å². The van der Waals surface area contributed by atoms with Gasteiger partial charge in [0.15, 0.2) is 0 Å². The summed E-state index contributed by atoms with van der Waals surface area (Å²) in [6.45, 7) is 12.0. The summed E-state index contributed by atoms with van der Waals surface area (Å²) in [5.74, 6) is 4.25. The van der Waals surface area contributed by atoms with E-state index in [1.807, 2.05) is 0 Å². The maximum absolute atomic E-state index is 2.69. The van der Waals surface area contributed by atoms with Crippen molar-refractivity contribution in [1.29, 1.82) is 0 Å². The van der Waals surface area contributed by atoms with E-state index >= 15 is 0 Å². The summed E-state index contributed by atoms with van der Waals surface area (Å²) in [6.07, 6.45) is 0. The van der Waals surface area contributed by atoms with E-state index in [9.17, 15) is 0 Å². The van der Waals surface area contributed by atoms with E-state index in [2.05, 4.69) is 44.4 Å². The Kier molecular flexibility index (Phi) is 4.60. The van der Waals surface area contributed by atoms with Crippen molar-refractivity contribution in [2.24, 2.45) is 11.8 Å². The number of thioether (sulfide) groups is 1. The van der Waals surface area contributed by atoms with Crippen molar-refractivity contribution in [2.45, 2.75) is 33.7 Å². The first-order valence-electron chi connectivity index (χ1n) is 5.44. The molecule has 0 bridgehead atoms. The van der Waals surface area contributed by atoms with Crippen molar-refractivity contribution >= 4 is 11.8 Å². The average molecular weight is 201 g/mol. The molecule has 0 spiro atoms. The second-order valence-electron chi connectivity index (χ2n) is 4.63. The van der Waals surface area contributed by atoms with Crippen molar-refractivity contribution in [2.75, 3.05) is 24.6 Å². The van der Waals surface area contributed by atoms with Crippen LogP contribution in [0.4, 0.5) is 0 Å². The van der Waals surface area contributed by atoms with Crippen LogP contribution in [0, 0.1) is 11.8 Å². The van der Waals surface area contributed by atoms with Crippen LogP contribution in [0.2, 0.25) is 0 Å². The lowest BCUT2D eigenvalue weighted by atomic mass is 9.91. The lowest BCUT2D eigenvalue weighted by molar-refractivity contribution is 0.127. The van der Waals surface area contributed by atoms with Crippen LogP contribution in [-0.2, 0) is 0 Å². The van der Waals surface area contributed by atoms with Gasteiger partial charge in [-0.2, -0.15) is 11.8 Å². The fraction of sp³-hybridized carbons (Fsp3) is 1.00. The van der Waals surface area contributed by atoms with Gasteiger partial charge < -0.3 is 0 Å². The second kappa shape index (κ2) is 5.26. The third-order valence-electron chi connectivity index (χ3n) is 2.83. The first-order chi connectivity index (χ1) is 6.13. The Morgan fingerprint density at radius 3 is 1.77 bits per heavy atom. The molecule has 0 amide bonds. The Hall–Kier alpha value is 0.310. The molecule has 1 heterocycles. The minimum Gasteiger partial charge on any atom is -0.298 e. The lowest BCUT2D eigenvalue weighted by Crippen LogP contribution is -2.46. The molecule has 0 N–H and O–H groups in total. The molecule has 0 radical (unpaired) electrons. The van der Waals surface area contributed by atoms with Gasteiger partial charge in [0.1, 0.15) is 0 Å². The molecule has 1 aliphatic rings. The van der Waals surface area contributed by atoms with Gasteiger partial charge in [0, 0.05) is 30.6 Å². The lowest BCUT2D eigenvalue weighted by Gasteiger charge is -2.39. The molecule has 2 heteroatoms. The van der Waals surface area contributed by atoms with Crippen LogP contribution < -0.4 is 0 Å². The quantitative estimate of drug-likeness (QED) is 0.691. The van der Waals surface area contributed by atoms with Crippen molar-refractivity contribution < 1.29 is 0 Å². The topological polar surface area (TPSA) is 3.24 Å². The molecule has 0 saturated carbocycles. The van der Waals surface area contributed by atoms with E-state index in [1.54, 1.807) is 0 Å². The molecular weight excluding hydrogens is 178 g/mol. The van der Waals surface area contributed by atoms with E-state index in [1.165, 1.54) is 24.6 Å². The monoisotopic (exact) mass is 201 g/mol. The Bertz CT molecular complexity index is 131. The predicted octanol–water partition coefficient (Wildman–Crippen LogP) is 2.72. The van der Waals surface area contributed by atoms with Crippen molar-refractivity contribution in [3.05, 3.63) is 0 Å². The summed E-state index contributed by atoms with van der Waals surface area (Å²) in [5, 5.41) is 0. The number of hydrogen-bond acceptors (Lipinski definition) is 2. The Balaban J connectivity index is 2.52. The smallest absolute Gasteiger partial charge is 0.0142 e. The van der Waals surface area contributed by atoms with Gasteiger partial charge in [-0.25, -0.2) is 0 Å². The van der Waals surface area contributed by atoms with Crippen LogP contribution in [-0.4, -0.2) is 35.5 Å². The standard InChI is InChI=1S/C11H23NS/c1-9(2)11(10(3)4)12-5-7-13-8-6-12/h9-11H,5-8H2,1-4H3. The summed E-state index contributed by atoms with van der Waals surface area (Å²) in [6, 6.07) is 0.792. The zero-order chi connectivity index (χ0) is 9.84. The van der Waals surface area contributed by atoms with Gasteiger partial charge in [0.05, 0.1) is 0 Å². The molecule has 1 nitrogen and oxygen atoms in total. The molecule has 0 atom stereocenters. The highest BCUT2D eigenvalue weighted by molar-refractivity contribution is 7.99. The Morgan fingerprint density at radius 1 is 0.923 bits per heavy atom. The third-order valence-corrected chi connectivity index (χ3v) is 3.78. The predicted molar refractivity (Wildman–Crippen MR) is 62.4 cm³/mol. The van der Waals surface area contributed by atoms with Crippen LogP contribution in [0.3, 0.4) is 0 Å². The first-order valence-corrected chi connectivity index (χ1v) is 6.60. The second-order valence-corrected chi connectivity index (χ2v) is 5.85. The molecule has 0 aromatic carbocycles. The van der Waals surface area contributed by atoms with Crippen molar-refractivity contribution in [1.82, 2.24) is 4.90 Å². The zero-order valence-electron chi connectivity index (χ0n) is 9.42. The maximum atomic E-state index is 2.69. The fourth-order valence-corrected chi connectivity index (χ4v) is 3.42. The first kappa shape index (κ1) is 11.4. The highest BCUT2D eigenvalue weighted by Gasteiger charge is 2.25. The maximum Gasteiger partial charge on any atom is 0.0142 e. The van der Waals surface area contributed by atoms with E-state index < -0.39 is 0 Å². The molecule has 13 heavy (non-hydrogen) atoms. The largest absolute Gasteiger partial charge is 0.298 e. The molecule has 0 aliphatic carbocycles. The van der Waals surface area contributed by atoms with E-state index in [0.29, 0.717) is 0 Å². The fourth-order valence-electron chi connectivity index (χ4n) is 2.49. The van der Waals surface area contributed by atoms with Gasteiger partial charge in [-0.15, -0.1) is 0 Å². The molecule has 1 aliphatic heterocycles. The number of rotatable bonds is 3. The van der Waals surface area contributed by atoms with E-state index in [4.69, 9.17) is 0 Å². The summed E-state index contributed by atoms with van der Waals surface area (Å²) >= 11 is 2.10. The number of hydrogen-bond donors (Lipinski definition) is 0. The number of nitrogens with zero attached hydrogens (tertiary/aromatic N) is 1. The van der Waals surface area contributed by atoms with Crippen LogP contribution in [0.15, 0.2) is 0 Å². The average Bonchev–Trinajstić information content (AvgIpc) is 2.04. The Morgan fingerprint density at radius 2 is 1.38 bits per heavy atom. The molecule has 0 aromatic heterocycles. The van der Waals surface area contributed by atoms with Crippen LogP contribution >= 0.6 is 11.8 Å². The van der Waals surface area contributed by atoms with Crippen LogP contribution in [0.5, 0.6) is 0 Å². The SMILES string of the molecule is CC(C)C(C(C)C)N1CCSCC1. The normalized spacial score (nSPS) is 20.5. The van der Waals surface area contributed by atoms with Gasteiger partial charge >= 0.3 is 0 Å². The van der Waals surface area contributed by atoms with Crippen LogP contribution in [0.25, 0.3) is 0 Å². The highest BCUT2D eigenvalue weighted by Crippen LogP contribution is 2.22. The summed E-state index contributed by atoms with van der Waals surface area (Å²) in [5.41, 5.74) is 0. The van der Waals surface area contributed by atoms with Crippen molar-refractivity contribution in [3.63, 3.8) is 0 Å². The van der Waals surface area contributed by atoms with Gasteiger partial charge in [-0.1, -0.05) is 27.7 Å². The van der Waals surface area contributed by atoms with Gasteiger partial charge in [0.25, 0.3) is 0 Å². The highest BCUT2D eigenvalue weighted by atomic mass is 32.2. The van der Waals surface area contributed by atoms with E-state index in [-0.39, 0.29) is 0 Å². The molecule has 1 fully saturated rings. The molecule has 1 saturated heterocycles. The zero-order valence-corrected chi connectivity index (χ0v) is 10.2. The van der Waals surface area contributed by atoms with Gasteiger partial charge in [-0.05, 0) is 11.8 Å². The molecule has 78 valence electrons. The molecule has 0 aromatic rings. The minimum absolute atomic E-state index is 0.792. The van der Waals surface area contributed by atoms with Crippen LogP contribution in [0.1, 0.15) is 27.7 Å². The minimum atomic E-state index is 0.792. The Labute approximate surface area is 87.3 Å². The molecular formula is C11H23NS. The van der Waals surface area contributed by atoms with Gasteiger partial charge in [0.2, 0.25) is 0 Å². The molecule has 1 rings (SSSR count). The summed E-state index contributed by atoms with van der Waals surface area (Å²) in [7, 11) is 0. The van der Waals surface area contributed by atoms with E-state index in [0.717, 1.165) is 17.9 Å². The summed E-state index contributed by atoms with van der Waals surface area (Å²) < 4.78 is 0. The third kappa shape index (κ3) is 3.17.